The summed E-state index contributed by atoms with van der Waals surface area (Å²) in [6.07, 6.45) is 5.59. The number of aliphatic hydroxyl groups excluding tert-OH is 1. The summed E-state index contributed by atoms with van der Waals surface area (Å²) in [7, 11) is 0. The number of benzene rings is 1. The summed E-state index contributed by atoms with van der Waals surface area (Å²) in [6, 6.07) is 5.89. The Balaban J connectivity index is 2.26. The predicted octanol–water partition coefficient (Wildman–Crippen LogP) is 4.65. The van der Waals surface area contributed by atoms with E-state index in [0.29, 0.717) is 0 Å². The molecule has 0 heterocycles. The Morgan fingerprint density at radius 3 is 2.41 bits per heavy atom. The van der Waals surface area contributed by atoms with Gasteiger partial charge in [0.25, 0.3) is 0 Å². The molecule has 1 fully saturated rings. The summed E-state index contributed by atoms with van der Waals surface area (Å²) >= 11 is 6.07. The van der Waals surface area contributed by atoms with Crippen LogP contribution in [0.15, 0.2) is 18.2 Å². The molecule has 0 saturated heterocycles. The van der Waals surface area contributed by atoms with Gasteiger partial charge in [-0.2, -0.15) is 0 Å². The third kappa shape index (κ3) is 2.83. The van der Waals surface area contributed by atoms with Crippen LogP contribution in [-0.4, -0.2) is 5.11 Å². The quantitative estimate of drug-likeness (QED) is 0.812. The lowest BCUT2D eigenvalue weighted by Gasteiger charge is -2.38. The molecule has 1 aliphatic rings. The highest BCUT2D eigenvalue weighted by Gasteiger charge is 2.35. The summed E-state index contributed by atoms with van der Waals surface area (Å²) in [4.78, 5) is 0. The monoisotopic (exact) mass is 252 g/mol. The lowest BCUT2D eigenvalue weighted by Crippen LogP contribution is -2.28. The second-order valence-corrected chi connectivity index (χ2v) is 6.12. The second-order valence-electron chi connectivity index (χ2n) is 5.68. The summed E-state index contributed by atoms with van der Waals surface area (Å²) < 4.78 is 0. The van der Waals surface area contributed by atoms with Crippen molar-refractivity contribution in [3.05, 3.63) is 34.3 Å². The van der Waals surface area contributed by atoms with E-state index in [1.54, 1.807) is 0 Å². The van der Waals surface area contributed by atoms with Crippen LogP contribution in [0.4, 0.5) is 0 Å². The molecule has 1 saturated carbocycles. The molecule has 1 atom stereocenters. The average molecular weight is 253 g/mol. The van der Waals surface area contributed by atoms with Crippen molar-refractivity contribution < 1.29 is 5.11 Å². The van der Waals surface area contributed by atoms with Gasteiger partial charge in [-0.15, -0.1) is 0 Å². The van der Waals surface area contributed by atoms with E-state index in [4.69, 9.17) is 11.6 Å². The molecule has 0 amide bonds. The van der Waals surface area contributed by atoms with Gasteiger partial charge >= 0.3 is 0 Å². The highest BCUT2D eigenvalue weighted by molar-refractivity contribution is 6.30. The fourth-order valence-electron chi connectivity index (χ4n) is 2.96. The van der Waals surface area contributed by atoms with E-state index in [-0.39, 0.29) is 11.5 Å². The third-order valence-corrected chi connectivity index (χ3v) is 4.25. The summed E-state index contributed by atoms with van der Waals surface area (Å²) in [5.74, 6) is 0. The SMILES string of the molecule is Cc1cc(Cl)cc(C(O)C2(C)CCCCC2)c1. The largest absolute Gasteiger partial charge is 0.388 e. The minimum absolute atomic E-state index is 0.0232. The van der Waals surface area contributed by atoms with Crippen molar-refractivity contribution in [3.63, 3.8) is 0 Å². The zero-order chi connectivity index (χ0) is 12.5. The fourth-order valence-corrected chi connectivity index (χ4v) is 3.26. The smallest absolute Gasteiger partial charge is 0.0844 e. The Morgan fingerprint density at radius 2 is 1.82 bits per heavy atom. The maximum atomic E-state index is 10.6. The van der Waals surface area contributed by atoms with E-state index in [0.717, 1.165) is 29.0 Å². The van der Waals surface area contributed by atoms with Crippen molar-refractivity contribution >= 4 is 11.6 Å². The molecule has 0 bridgehead atoms. The Morgan fingerprint density at radius 1 is 1.18 bits per heavy atom. The van der Waals surface area contributed by atoms with E-state index in [2.05, 4.69) is 13.0 Å². The average Bonchev–Trinajstić information content (AvgIpc) is 2.27. The first kappa shape index (κ1) is 12.9. The van der Waals surface area contributed by atoms with Gasteiger partial charge in [0.2, 0.25) is 0 Å². The topological polar surface area (TPSA) is 20.2 Å². The van der Waals surface area contributed by atoms with Gasteiger partial charge in [-0.05, 0) is 48.4 Å². The molecule has 0 radical (unpaired) electrons. The molecule has 17 heavy (non-hydrogen) atoms. The van der Waals surface area contributed by atoms with Crippen LogP contribution in [-0.2, 0) is 0 Å². The van der Waals surface area contributed by atoms with Gasteiger partial charge in [-0.25, -0.2) is 0 Å². The van der Waals surface area contributed by atoms with Crippen LogP contribution in [0.1, 0.15) is 56.3 Å². The van der Waals surface area contributed by atoms with Crippen LogP contribution in [0.25, 0.3) is 0 Å². The Hall–Kier alpha value is -0.530. The molecule has 2 heteroatoms. The number of rotatable bonds is 2. The molecular formula is C15H21ClO. The number of hydrogen-bond donors (Lipinski definition) is 1. The van der Waals surface area contributed by atoms with Crippen LogP contribution in [0.5, 0.6) is 0 Å². The maximum absolute atomic E-state index is 10.6. The standard InChI is InChI=1S/C15H21ClO/c1-11-8-12(10-13(16)9-11)14(17)15(2)6-4-3-5-7-15/h8-10,14,17H,3-7H2,1-2H3. The highest BCUT2D eigenvalue weighted by atomic mass is 35.5. The molecule has 1 unspecified atom stereocenters. The Bertz CT molecular complexity index is 374. The maximum Gasteiger partial charge on any atom is 0.0844 e. The fraction of sp³-hybridized carbons (Fsp3) is 0.600. The minimum atomic E-state index is -0.389. The van der Waals surface area contributed by atoms with Crippen molar-refractivity contribution in [2.45, 2.75) is 52.1 Å². The zero-order valence-corrected chi connectivity index (χ0v) is 11.4. The van der Waals surface area contributed by atoms with E-state index in [1.807, 2.05) is 19.1 Å². The van der Waals surface area contributed by atoms with Gasteiger partial charge in [-0.1, -0.05) is 43.9 Å². The number of aryl methyl sites for hydroxylation is 1. The molecule has 0 aliphatic heterocycles. The number of aliphatic hydroxyl groups is 1. The van der Waals surface area contributed by atoms with Crippen molar-refractivity contribution in [2.24, 2.45) is 5.41 Å². The van der Waals surface area contributed by atoms with Gasteiger partial charge in [0.15, 0.2) is 0 Å². The van der Waals surface area contributed by atoms with Crippen molar-refractivity contribution in [1.29, 1.82) is 0 Å². The number of hydrogen-bond acceptors (Lipinski definition) is 1. The van der Waals surface area contributed by atoms with Gasteiger partial charge in [0, 0.05) is 5.02 Å². The normalized spacial score (nSPS) is 21.2. The molecular weight excluding hydrogens is 232 g/mol. The van der Waals surface area contributed by atoms with Crippen LogP contribution in [0.3, 0.4) is 0 Å². The molecule has 1 N–H and O–H groups in total. The van der Waals surface area contributed by atoms with Crippen molar-refractivity contribution in [3.8, 4) is 0 Å². The van der Waals surface area contributed by atoms with E-state index < -0.39 is 0 Å². The first-order valence-corrected chi connectivity index (χ1v) is 6.84. The first-order valence-electron chi connectivity index (χ1n) is 6.46. The lowest BCUT2D eigenvalue weighted by atomic mass is 9.70. The molecule has 1 aliphatic carbocycles. The van der Waals surface area contributed by atoms with Crippen LogP contribution in [0.2, 0.25) is 5.02 Å². The van der Waals surface area contributed by atoms with Gasteiger partial charge in [-0.3, -0.25) is 0 Å². The van der Waals surface area contributed by atoms with E-state index in [1.165, 1.54) is 19.3 Å². The summed E-state index contributed by atoms with van der Waals surface area (Å²) in [5, 5.41) is 11.3. The van der Waals surface area contributed by atoms with Crippen LogP contribution < -0.4 is 0 Å². The Kier molecular flexibility index (Phi) is 3.79. The molecule has 1 aromatic rings. The first-order chi connectivity index (χ1) is 8.01. The Labute approximate surface area is 109 Å². The molecule has 2 rings (SSSR count). The van der Waals surface area contributed by atoms with Gasteiger partial charge in [0.1, 0.15) is 0 Å². The van der Waals surface area contributed by atoms with Gasteiger partial charge in [0.05, 0.1) is 6.10 Å². The van der Waals surface area contributed by atoms with Crippen LogP contribution in [0, 0.1) is 12.3 Å². The second kappa shape index (κ2) is 4.99. The summed E-state index contributed by atoms with van der Waals surface area (Å²) in [5.41, 5.74) is 2.11. The third-order valence-electron chi connectivity index (χ3n) is 4.04. The van der Waals surface area contributed by atoms with Crippen molar-refractivity contribution in [1.82, 2.24) is 0 Å². The molecule has 94 valence electrons. The molecule has 0 spiro atoms. The van der Waals surface area contributed by atoms with Crippen LogP contribution >= 0.6 is 11.6 Å². The summed E-state index contributed by atoms with van der Waals surface area (Å²) in [6.45, 7) is 4.22. The van der Waals surface area contributed by atoms with E-state index >= 15 is 0 Å². The molecule has 1 nitrogen and oxygen atoms in total. The molecule has 0 aromatic heterocycles. The van der Waals surface area contributed by atoms with Crippen molar-refractivity contribution in [2.75, 3.05) is 0 Å². The minimum Gasteiger partial charge on any atom is -0.388 e. The zero-order valence-electron chi connectivity index (χ0n) is 10.7. The van der Waals surface area contributed by atoms with Gasteiger partial charge < -0.3 is 5.11 Å². The van der Waals surface area contributed by atoms with E-state index in [9.17, 15) is 5.11 Å². The molecule has 1 aromatic carbocycles. The predicted molar refractivity (Wildman–Crippen MR) is 72.3 cm³/mol. The number of halogens is 1. The highest BCUT2D eigenvalue weighted by Crippen LogP contribution is 2.45. The lowest BCUT2D eigenvalue weighted by molar-refractivity contribution is 0.00816.